The van der Waals surface area contributed by atoms with Gasteiger partial charge in [0, 0.05) is 36.0 Å². The first-order valence-corrected chi connectivity index (χ1v) is 9.30. The molecule has 5 aromatic rings. The highest BCUT2D eigenvalue weighted by Gasteiger charge is 2.12. The van der Waals surface area contributed by atoms with E-state index < -0.39 is 6.85 Å². The average molecular weight is 354 g/mol. The van der Waals surface area contributed by atoms with Gasteiger partial charge >= 0.3 is 0 Å². The number of pyridine rings is 1. The van der Waals surface area contributed by atoms with Gasteiger partial charge < -0.3 is 0 Å². The van der Waals surface area contributed by atoms with Crippen molar-refractivity contribution < 1.29 is 4.11 Å². The van der Waals surface area contributed by atoms with Gasteiger partial charge in [-0.25, -0.2) is 0 Å². The minimum atomic E-state index is -2.14. The zero-order valence-electron chi connectivity index (χ0n) is 16.9. The van der Waals surface area contributed by atoms with Crippen LogP contribution in [0.4, 0.5) is 0 Å². The Morgan fingerprint density at radius 2 is 1.73 bits per heavy atom. The lowest BCUT2D eigenvalue weighted by Gasteiger charge is -2.03. The standard InChI is InChI=1S/C24H17NS/c1-16-12-13-25-22(14-16)21-9-5-8-20-19-11-10-18(15-23(19)26-24(20)21)17-6-3-2-4-7-17/h2-15H,1H3/i1D3. The number of hydrogen-bond acceptors (Lipinski definition) is 2. The SMILES string of the molecule is [2H]C([2H])([2H])c1ccnc(-c2cccc3c2sc2cc(-c4ccccc4)ccc23)c1. The van der Waals surface area contributed by atoms with Crippen LogP contribution in [0.3, 0.4) is 0 Å². The third kappa shape index (κ3) is 2.51. The topological polar surface area (TPSA) is 12.9 Å². The molecule has 2 heteroatoms. The van der Waals surface area contributed by atoms with Gasteiger partial charge in [0.05, 0.1) is 5.69 Å². The van der Waals surface area contributed by atoms with Crippen LogP contribution in [0.1, 0.15) is 9.68 Å². The second-order valence-electron chi connectivity index (χ2n) is 6.29. The molecule has 0 aliphatic rings. The van der Waals surface area contributed by atoms with E-state index in [1.807, 2.05) is 30.3 Å². The predicted octanol–water partition coefficient (Wildman–Crippen LogP) is 7.09. The van der Waals surface area contributed by atoms with Crippen LogP contribution < -0.4 is 0 Å². The molecule has 5 rings (SSSR count). The maximum absolute atomic E-state index is 7.70. The lowest BCUT2D eigenvalue weighted by Crippen LogP contribution is -1.84. The predicted molar refractivity (Wildman–Crippen MR) is 113 cm³/mol. The second-order valence-corrected chi connectivity index (χ2v) is 7.34. The molecule has 0 amide bonds. The van der Waals surface area contributed by atoms with Crippen LogP contribution in [0, 0.1) is 6.85 Å². The fraction of sp³-hybridized carbons (Fsp3) is 0.0417. The molecule has 0 unspecified atom stereocenters. The number of benzene rings is 3. The third-order valence-corrected chi connectivity index (χ3v) is 5.84. The summed E-state index contributed by atoms with van der Waals surface area (Å²) in [5, 5.41) is 2.38. The Morgan fingerprint density at radius 3 is 2.62 bits per heavy atom. The van der Waals surface area contributed by atoms with Crippen molar-refractivity contribution in [1.29, 1.82) is 0 Å². The van der Waals surface area contributed by atoms with E-state index in [2.05, 4.69) is 41.4 Å². The van der Waals surface area contributed by atoms with E-state index in [-0.39, 0.29) is 0 Å². The monoisotopic (exact) mass is 354 g/mol. The van der Waals surface area contributed by atoms with Crippen LogP contribution in [-0.4, -0.2) is 4.98 Å². The Hall–Kier alpha value is -2.97. The van der Waals surface area contributed by atoms with Crippen LogP contribution in [0.2, 0.25) is 0 Å². The summed E-state index contributed by atoms with van der Waals surface area (Å²) in [6.07, 6.45) is 1.58. The molecular formula is C24H17NS. The van der Waals surface area contributed by atoms with Gasteiger partial charge in [0.1, 0.15) is 0 Å². The van der Waals surface area contributed by atoms with E-state index >= 15 is 0 Å². The van der Waals surface area contributed by atoms with Gasteiger partial charge in [-0.15, -0.1) is 11.3 Å². The molecule has 2 heterocycles. The minimum Gasteiger partial charge on any atom is -0.256 e. The first-order valence-electron chi connectivity index (χ1n) is 9.98. The van der Waals surface area contributed by atoms with Gasteiger partial charge in [0.15, 0.2) is 0 Å². The van der Waals surface area contributed by atoms with Crippen molar-refractivity contribution >= 4 is 31.5 Å². The molecule has 1 nitrogen and oxygen atoms in total. The number of nitrogens with zero attached hydrogens (tertiary/aromatic N) is 1. The molecule has 0 aliphatic carbocycles. The molecule has 2 aromatic heterocycles. The largest absolute Gasteiger partial charge is 0.256 e. The van der Waals surface area contributed by atoms with E-state index in [0.29, 0.717) is 11.3 Å². The average Bonchev–Trinajstić information content (AvgIpc) is 3.12. The van der Waals surface area contributed by atoms with Gasteiger partial charge in [-0.2, -0.15) is 0 Å². The Morgan fingerprint density at radius 1 is 0.808 bits per heavy atom. The summed E-state index contributed by atoms with van der Waals surface area (Å²) in [5.41, 5.74) is 4.36. The highest BCUT2D eigenvalue weighted by molar-refractivity contribution is 7.26. The molecule has 3 aromatic carbocycles. The van der Waals surface area contributed by atoms with Gasteiger partial charge in [-0.05, 0) is 41.7 Å². The number of aryl methyl sites for hydroxylation is 1. The van der Waals surface area contributed by atoms with E-state index in [1.54, 1.807) is 29.7 Å². The molecule has 0 atom stereocenters. The number of rotatable bonds is 2. The molecule has 0 bridgehead atoms. The van der Waals surface area contributed by atoms with Crippen LogP contribution in [0.15, 0.2) is 85.1 Å². The van der Waals surface area contributed by atoms with E-state index in [9.17, 15) is 0 Å². The lowest BCUT2D eigenvalue weighted by atomic mass is 10.0. The normalized spacial score (nSPS) is 13.5. The third-order valence-electron chi connectivity index (χ3n) is 4.64. The maximum atomic E-state index is 7.70. The van der Waals surface area contributed by atoms with Gasteiger partial charge in [0.25, 0.3) is 0 Å². The Bertz CT molecular complexity index is 1340. The summed E-state index contributed by atoms with van der Waals surface area (Å²) in [6, 6.07) is 26.3. The molecule has 0 saturated heterocycles. The van der Waals surface area contributed by atoms with Crippen molar-refractivity contribution in [3.05, 3.63) is 90.6 Å². The molecule has 0 saturated carbocycles. The number of hydrogen-bond donors (Lipinski definition) is 0. The smallest absolute Gasteiger partial charge is 0.0719 e. The van der Waals surface area contributed by atoms with E-state index in [1.165, 1.54) is 26.6 Å². The molecule has 0 aliphatic heterocycles. The highest BCUT2D eigenvalue weighted by Crippen LogP contribution is 2.40. The molecule has 0 radical (unpaired) electrons. The van der Waals surface area contributed by atoms with E-state index in [4.69, 9.17) is 4.11 Å². The summed E-state index contributed by atoms with van der Waals surface area (Å²) in [7, 11) is 0. The Balaban J connectivity index is 1.70. The van der Waals surface area contributed by atoms with Crippen molar-refractivity contribution in [3.8, 4) is 22.4 Å². The summed E-state index contributed by atoms with van der Waals surface area (Å²) >= 11 is 1.72. The fourth-order valence-electron chi connectivity index (χ4n) is 3.39. The molecule has 0 N–H and O–H groups in total. The first kappa shape index (κ1) is 12.4. The van der Waals surface area contributed by atoms with Crippen molar-refractivity contribution in [3.63, 3.8) is 0 Å². The molecule has 124 valence electrons. The van der Waals surface area contributed by atoms with Crippen molar-refractivity contribution in [1.82, 2.24) is 4.98 Å². The van der Waals surface area contributed by atoms with Crippen LogP contribution >= 0.6 is 11.3 Å². The number of fused-ring (bicyclic) bond motifs is 3. The molecule has 0 fully saturated rings. The lowest BCUT2D eigenvalue weighted by molar-refractivity contribution is 1.29. The number of thiophene rings is 1. The van der Waals surface area contributed by atoms with Gasteiger partial charge in [-0.1, -0.05) is 60.7 Å². The molecule has 26 heavy (non-hydrogen) atoms. The highest BCUT2D eigenvalue weighted by atomic mass is 32.1. The number of aromatic nitrogens is 1. The Kier molecular flexibility index (Phi) is 2.90. The Labute approximate surface area is 160 Å². The van der Waals surface area contributed by atoms with Crippen LogP contribution in [0.25, 0.3) is 42.6 Å². The fourth-order valence-corrected chi connectivity index (χ4v) is 4.65. The second kappa shape index (κ2) is 6.08. The van der Waals surface area contributed by atoms with Crippen LogP contribution in [-0.2, 0) is 0 Å². The minimum absolute atomic E-state index is 0.312. The van der Waals surface area contributed by atoms with E-state index in [0.717, 1.165) is 10.3 Å². The van der Waals surface area contributed by atoms with Crippen molar-refractivity contribution in [2.75, 3.05) is 0 Å². The summed E-state index contributed by atoms with van der Waals surface area (Å²) in [5.74, 6) is 0. The van der Waals surface area contributed by atoms with Gasteiger partial charge in [0.2, 0.25) is 0 Å². The summed E-state index contributed by atoms with van der Waals surface area (Å²) in [6.45, 7) is -2.14. The summed E-state index contributed by atoms with van der Waals surface area (Å²) < 4.78 is 25.4. The van der Waals surface area contributed by atoms with Gasteiger partial charge in [-0.3, -0.25) is 4.98 Å². The van der Waals surface area contributed by atoms with Crippen LogP contribution in [0.5, 0.6) is 0 Å². The zero-order chi connectivity index (χ0) is 20.0. The first-order chi connectivity index (χ1) is 14.0. The maximum Gasteiger partial charge on any atom is 0.0719 e. The zero-order valence-corrected chi connectivity index (χ0v) is 14.8. The quantitative estimate of drug-likeness (QED) is 0.330. The molecule has 0 spiro atoms. The summed E-state index contributed by atoms with van der Waals surface area (Å²) in [4.78, 5) is 4.47. The van der Waals surface area contributed by atoms with Crippen molar-refractivity contribution in [2.45, 2.75) is 6.85 Å². The molecular weight excluding hydrogens is 334 g/mol. The van der Waals surface area contributed by atoms with Crippen molar-refractivity contribution in [2.24, 2.45) is 0 Å².